The van der Waals surface area contributed by atoms with Crippen LogP contribution in [0.25, 0.3) is 22.6 Å². The van der Waals surface area contributed by atoms with Gasteiger partial charge >= 0.3 is 0 Å². The maximum absolute atomic E-state index is 6.29. The van der Waals surface area contributed by atoms with Crippen LogP contribution in [-0.2, 0) is 4.74 Å². The molecule has 5 rings (SSSR count). The number of nitrogens with one attached hydrogen (secondary N) is 1. The number of anilines is 1. The Bertz CT molecular complexity index is 1060. The Kier molecular flexibility index (Phi) is 6.03. The molecular formula is C24H29N5O3. The van der Waals surface area contributed by atoms with Crippen molar-refractivity contribution in [3.63, 3.8) is 0 Å². The van der Waals surface area contributed by atoms with Gasteiger partial charge in [0, 0.05) is 31.1 Å². The summed E-state index contributed by atoms with van der Waals surface area (Å²) in [5, 5.41) is 11.6. The van der Waals surface area contributed by atoms with Gasteiger partial charge in [0.2, 0.25) is 23.6 Å². The number of hydrogen-bond donors (Lipinski definition) is 1. The third-order valence-corrected chi connectivity index (χ3v) is 6.22. The van der Waals surface area contributed by atoms with Crippen molar-refractivity contribution >= 4 is 5.95 Å². The largest absolute Gasteiger partial charge is 0.471 e. The molecule has 3 aromatic rings. The van der Waals surface area contributed by atoms with Crippen LogP contribution in [0.5, 0.6) is 5.88 Å². The molecule has 1 aliphatic heterocycles. The van der Waals surface area contributed by atoms with Crippen molar-refractivity contribution in [1.82, 2.24) is 20.2 Å². The molecule has 1 atom stereocenters. The van der Waals surface area contributed by atoms with E-state index in [1.807, 2.05) is 30.5 Å². The highest BCUT2D eigenvalue weighted by molar-refractivity contribution is 5.73. The molecular weight excluding hydrogens is 406 g/mol. The molecule has 8 heteroatoms. The van der Waals surface area contributed by atoms with E-state index in [0.29, 0.717) is 42.9 Å². The van der Waals surface area contributed by atoms with Crippen molar-refractivity contribution in [3.8, 4) is 28.5 Å². The van der Waals surface area contributed by atoms with Gasteiger partial charge in [0.25, 0.3) is 0 Å². The summed E-state index contributed by atoms with van der Waals surface area (Å²) in [7, 11) is 0. The monoisotopic (exact) mass is 435 g/mol. The van der Waals surface area contributed by atoms with E-state index >= 15 is 0 Å². The van der Waals surface area contributed by atoms with Crippen molar-refractivity contribution in [2.24, 2.45) is 5.92 Å². The molecule has 2 fully saturated rings. The molecule has 0 unspecified atom stereocenters. The summed E-state index contributed by atoms with van der Waals surface area (Å²) < 4.78 is 17.4. The number of hydrogen-bond acceptors (Lipinski definition) is 8. The van der Waals surface area contributed by atoms with E-state index in [9.17, 15) is 0 Å². The molecule has 2 aliphatic rings. The average Bonchev–Trinajstić information content (AvgIpc) is 3.47. The van der Waals surface area contributed by atoms with Crippen molar-refractivity contribution in [3.05, 3.63) is 36.4 Å². The molecule has 1 N–H and O–H groups in total. The van der Waals surface area contributed by atoms with Crippen LogP contribution in [0.3, 0.4) is 0 Å². The lowest BCUT2D eigenvalue weighted by molar-refractivity contribution is 0.138. The zero-order valence-corrected chi connectivity index (χ0v) is 18.6. The van der Waals surface area contributed by atoms with Crippen LogP contribution in [0.1, 0.15) is 44.9 Å². The fraction of sp³-hybridized carbons (Fsp3) is 0.500. The van der Waals surface area contributed by atoms with E-state index in [4.69, 9.17) is 18.9 Å². The Morgan fingerprint density at radius 2 is 1.91 bits per heavy atom. The van der Waals surface area contributed by atoms with Gasteiger partial charge in [-0.15, -0.1) is 10.2 Å². The van der Waals surface area contributed by atoms with E-state index < -0.39 is 0 Å². The summed E-state index contributed by atoms with van der Waals surface area (Å²) in [5.41, 5.74) is 2.61. The molecule has 1 aliphatic carbocycles. The van der Waals surface area contributed by atoms with Crippen LogP contribution in [-0.4, -0.2) is 45.5 Å². The van der Waals surface area contributed by atoms with Crippen LogP contribution in [0.4, 0.5) is 5.95 Å². The minimum absolute atomic E-state index is 0.00574. The van der Waals surface area contributed by atoms with Gasteiger partial charge in [0.05, 0.1) is 18.8 Å². The summed E-state index contributed by atoms with van der Waals surface area (Å²) in [6, 6.07) is 8.33. The first-order chi connectivity index (χ1) is 15.6. The molecule has 0 spiro atoms. The van der Waals surface area contributed by atoms with Crippen LogP contribution in [0.2, 0.25) is 0 Å². The molecule has 1 aromatic carbocycles. The average molecular weight is 436 g/mol. The van der Waals surface area contributed by atoms with Gasteiger partial charge in [-0.05, 0) is 49.3 Å². The number of rotatable bonds is 6. The Balaban J connectivity index is 1.44. The van der Waals surface area contributed by atoms with Crippen molar-refractivity contribution < 1.29 is 13.9 Å². The second-order valence-electron chi connectivity index (χ2n) is 8.82. The minimum Gasteiger partial charge on any atom is -0.471 e. The first-order valence-corrected chi connectivity index (χ1v) is 11.4. The highest BCUT2D eigenvalue weighted by Gasteiger charge is 2.23. The minimum atomic E-state index is -0.00574. The third-order valence-electron chi connectivity index (χ3n) is 6.22. The number of nitrogens with zero attached hydrogens (tertiary/aromatic N) is 4. The van der Waals surface area contributed by atoms with Gasteiger partial charge in [0.1, 0.15) is 6.10 Å². The highest BCUT2D eigenvalue weighted by atomic mass is 16.5. The van der Waals surface area contributed by atoms with E-state index in [2.05, 4.69) is 27.4 Å². The summed E-state index contributed by atoms with van der Waals surface area (Å²) in [5.74, 6) is 3.01. The molecule has 8 nitrogen and oxygen atoms in total. The maximum Gasteiger partial charge on any atom is 0.247 e. The summed E-state index contributed by atoms with van der Waals surface area (Å²) in [4.78, 5) is 9.41. The lowest BCUT2D eigenvalue weighted by Gasteiger charge is -2.27. The van der Waals surface area contributed by atoms with Gasteiger partial charge in [-0.25, -0.2) is 4.98 Å². The SMILES string of the molecule is Cc1nnc(-c2cccc(-c3cnc(N[C@H]4CC[C@H](C)CC4)nc3O[C@@H]3CCOC3)c2)o1. The molecule has 168 valence electrons. The standard InChI is InChI=1S/C24H29N5O3/c1-15-6-8-19(9-7-15)26-24-25-13-21(23(27-24)32-20-10-11-30-14-20)17-4-3-5-18(12-17)22-29-28-16(2)31-22/h3-5,12-13,15,19-20H,6-11,14H2,1-2H3,(H,25,26,27)/t15-,19-,20-/m1/s1. The van der Waals surface area contributed by atoms with E-state index in [-0.39, 0.29) is 6.10 Å². The third kappa shape index (κ3) is 4.75. The number of benzene rings is 1. The Morgan fingerprint density at radius 1 is 1.06 bits per heavy atom. The lowest BCUT2D eigenvalue weighted by atomic mass is 9.87. The molecule has 1 saturated heterocycles. The number of aryl methyl sites for hydroxylation is 1. The van der Waals surface area contributed by atoms with E-state index in [0.717, 1.165) is 41.9 Å². The normalized spacial score (nSPS) is 23.2. The van der Waals surface area contributed by atoms with Crippen molar-refractivity contribution in [2.75, 3.05) is 18.5 Å². The smallest absolute Gasteiger partial charge is 0.247 e. The van der Waals surface area contributed by atoms with Gasteiger partial charge in [-0.1, -0.05) is 19.1 Å². The van der Waals surface area contributed by atoms with Crippen LogP contribution in [0.15, 0.2) is 34.9 Å². The summed E-state index contributed by atoms with van der Waals surface area (Å²) in [6.07, 6.45) is 7.45. The Hall–Kier alpha value is -3.00. The van der Waals surface area contributed by atoms with E-state index in [1.54, 1.807) is 6.92 Å². The maximum atomic E-state index is 6.29. The second-order valence-corrected chi connectivity index (χ2v) is 8.82. The number of ether oxygens (including phenoxy) is 2. The molecule has 0 bridgehead atoms. The van der Waals surface area contributed by atoms with Gasteiger partial charge in [-0.2, -0.15) is 4.98 Å². The summed E-state index contributed by atoms with van der Waals surface area (Å²) >= 11 is 0. The van der Waals surface area contributed by atoms with Gasteiger partial charge in [0.15, 0.2) is 0 Å². The molecule has 1 saturated carbocycles. The van der Waals surface area contributed by atoms with Crippen LogP contribution in [0, 0.1) is 12.8 Å². The zero-order chi connectivity index (χ0) is 21.9. The fourth-order valence-electron chi connectivity index (χ4n) is 4.31. The molecule has 0 amide bonds. The number of aromatic nitrogens is 4. The zero-order valence-electron chi connectivity index (χ0n) is 18.6. The van der Waals surface area contributed by atoms with Crippen molar-refractivity contribution in [2.45, 2.75) is 58.1 Å². The van der Waals surface area contributed by atoms with Gasteiger partial charge in [-0.3, -0.25) is 0 Å². The molecule has 3 heterocycles. The fourth-order valence-corrected chi connectivity index (χ4v) is 4.31. The topological polar surface area (TPSA) is 95.2 Å². The Labute approximate surface area is 187 Å². The predicted molar refractivity (Wildman–Crippen MR) is 120 cm³/mol. The first kappa shape index (κ1) is 20.9. The van der Waals surface area contributed by atoms with Gasteiger partial charge < -0.3 is 19.2 Å². The van der Waals surface area contributed by atoms with E-state index in [1.165, 1.54) is 12.8 Å². The second kappa shape index (κ2) is 9.24. The van der Waals surface area contributed by atoms with Crippen LogP contribution >= 0.6 is 0 Å². The molecule has 32 heavy (non-hydrogen) atoms. The highest BCUT2D eigenvalue weighted by Crippen LogP contribution is 2.33. The molecule has 0 radical (unpaired) electrons. The van der Waals surface area contributed by atoms with Crippen LogP contribution < -0.4 is 10.1 Å². The quantitative estimate of drug-likeness (QED) is 0.597. The first-order valence-electron chi connectivity index (χ1n) is 11.4. The van der Waals surface area contributed by atoms with Crippen molar-refractivity contribution in [1.29, 1.82) is 0 Å². The lowest BCUT2D eigenvalue weighted by Crippen LogP contribution is -2.26. The summed E-state index contributed by atoms with van der Waals surface area (Å²) in [6.45, 7) is 5.39. The predicted octanol–water partition coefficient (Wildman–Crippen LogP) is 4.66. The molecule has 2 aromatic heterocycles. The Morgan fingerprint density at radius 3 is 2.66 bits per heavy atom.